The molecule has 0 radical (unpaired) electrons. The molecule has 0 aromatic heterocycles. The van der Waals surface area contributed by atoms with Crippen LogP contribution in [-0.4, -0.2) is 49.2 Å². The fraction of sp³-hybridized carbons (Fsp3) is 0.714. The van der Waals surface area contributed by atoms with Crippen molar-refractivity contribution in [2.75, 3.05) is 26.2 Å². The Morgan fingerprint density at radius 2 is 2.05 bits per heavy atom. The molecular formula is C14H23N3O3. The van der Waals surface area contributed by atoms with E-state index in [4.69, 9.17) is 4.74 Å². The maximum atomic E-state index is 12.2. The summed E-state index contributed by atoms with van der Waals surface area (Å²) in [5.41, 5.74) is 1.27. The van der Waals surface area contributed by atoms with Crippen LogP contribution in [0.15, 0.2) is 11.3 Å². The van der Waals surface area contributed by atoms with Crippen molar-refractivity contribution in [1.82, 2.24) is 15.5 Å². The summed E-state index contributed by atoms with van der Waals surface area (Å²) in [7, 11) is 0. The average Bonchev–Trinajstić information content (AvgIpc) is 2.91. The Kier molecular flexibility index (Phi) is 5.00. The van der Waals surface area contributed by atoms with Gasteiger partial charge in [-0.15, -0.1) is 0 Å². The van der Waals surface area contributed by atoms with Gasteiger partial charge < -0.3 is 15.4 Å². The number of rotatable bonds is 5. The lowest BCUT2D eigenvalue weighted by molar-refractivity contribution is -0.139. The highest BCUT2D eigenvalue weighted by Crippen LogP contribution is 2.19. The van der Waals surface area contributed by atoms with Crippen molar-refractivity contribution < 1.29 is 14.3 Å². The highest BCUT2D eigenvalue weighted by atomic mass is 16.5. The number of hydrogen-bond acceptors (Lipinski definition) is 4. The predicted octanol–water partition coefficient (Wildman–Crippen LogP) is 0.991. The zero-order chi connectivity index (χ0) is 14.5. The van der Waals surface area contributed by atoms with E-state index in [-0.39, 0.29) is 18.0 Å². The second kappa shape index (κ2) is 6.74. The van der Waals surface area contributed by atoms with Crippen molar-refractivity contribution in [3.8, 4) is 0 Å². The van der Waals surface area contributed by atoms with E-state index in [1.807, 2.05) is 6.92 Å². The van der Waals surface area contributed by atoms with Crippen LogP contribution in [-0.2, 0) is 9.53 Å². The van der Waals surface area contributed by atoms with Gasteiger partial charge in [0.1, 0.15) is 0 Å². The van der Waals surface area contributed by atoms with Crippen molar-refractivity contribution in [3.63, 3.8) is 0 Å². The molecule has 1 fully saturated rings. The molecule has 2 aliphatic rings. The maximum absolute atomic E-state index is 12.2. The summed E-state index contributed by atoms with van der Waals surface area (Å²) in [6.45, 7) is 6.71. The van der Waals surface area contributed by atoms with E-state index in [1.165, 1.54) is 12.8 Å². The SMILES string of the molecule is CCOC(=O)C1=C(CN2CCCC2)NC(=O)N[C@@H]1CC. The molecule has 2 aliphatic heterocycles. The monoisotopic (exact) mass is 281 g/mol. The van der Waals surface area contributed by atoms with Gasteiger partial charge in [-0.05, 0) is 39.3 Å². The number of carbonyl (C=O) groups is 2. The van der Waals surface area contributed by atoms with Gasteiger partial charge in [0, 0.05) is 12.2 Å². The second-order valence-corrected chi connectivity index (χ2v) is 5.16. The number of esters is 1. The summed E-state index contributed by atoms with van der Waals surface area (Å²) in [5, 5.41) is 5.57. The number of nitrogens with zero attached hydrogens (tertiary/aromatic N) is 1. The first-order valence-electron chi connectivity index (χ1n) is 7.35. The zero-order valence-electron chi connectivity index (χ0n) is 12.2. The second-order valence-electron chi connectivity index (χ2n) is 5.16. The smallest absolute Gasteiger partial charge is 0.337 e. The van der Waals surface area contributed by atoms with Gasteiger partial charge in [0.05, 0.1) is 18.2 Å². The van der Waals surface area contributed by atoms with Crippen molar-refractivity contribution in [3.05, 3.63) is 11.3 Å². The Morgan fingerprint density at radius 1 is 1.35 bits per heavy atom. The van der Waals surface area contributed by atoms with Gasteiger partial charge in [-0.25, -0.2) is 9.59 Å². The molecule has 0 aromatic rings. The maximum Gasteiger partial charge on any atom is 0.337 e. The predicted molar refractivity (Wildman–Crippen MR) is 75.1 cm³/mol. The Hall–Kier alpha value is -1.56. The van der Waals surface area contributed by atoms with Gasteiger partial charge in [-0.1, -0.05) is 6.92 Å². The van der Waals surface area contributed by atoms with Crippen LogP contribution in [0, 0.1) is 0 Å². The van der Waals surface area contributed by atoms with Gasteiger partial charge in [0.25, 0.3) is 0 Å². The lowest BCUT2D eigenvalue weighted by Crippen LogP contribution is -2.52. The molecule has 2 heterocycles. The Labute approximate surface area is 119 Å². The van der Waals surface area contributed by atoms with Crippen LogP contribution in [0.5, 0.6) is 0 Å². The van der Waals surface area contributed by atoms with Crippen LogP contribution >= 0.6 is 0 Å². The number of nitrogens with one attached hydrogen (secondary N) is 2. The molecule has 1 atom stereocenters. The number of carbonyl (C=O) groups excluding carboxylic acids is 2. The molecule has 0 unspecified atom stereocenters. The van der Waals surface area contributed by atoms with Crippen molar-refractivity contribution >= 4 is 12.0 Å². The lowest BCUT2D eigenvalue weighted by atomic mass is 10.00. The number of amides is 2. The van der Waals surface area contributed by atoms with Crippen LogP contribution in [0.25, 0.3) is 0 Å². The molecule has 2 amide bonds. The minimum Gasteiger partial charge on any atom is -0.463 e. The molecule has 20 heavy (non-hydrogen) atoms. The fourth-order valence-electron chi connectivity index (χ4n) is 2.75. The van der Waals surface area contributed by atoms with E-state index >= 15 is 0 Å². The van der Waals surface area contributed by atoms with Crippen molar-refractivity contribution in [2.45, 2.75) is 39.2 Å². The fourth-order valence-corrected chi connectivity index (χ4v) is 2.75. The molecule has 0 bridgehead atoms. The van der Waals surface area contributed by atoms with E-state index in [1.54, 1.807) is 6.92 Å². The molecule has 2 rings (SSSR count). The third-order valence-electron chi connectivity index (χ3n) is 3.73. The first-order chi connectivity index (χ1) is 9.65. The van der Waals surface area contributed by atoms with E-state index in [0.29, 0.717) is 30.8 Å². The summed E-state index contributed by atoms with van der Waals surface area (Å²) in [5.74, 6) is -0.332. The number of hydrogen-bond donors (Lipinski definition) is 2. The standard InChI is InChI=1S/C14H23N3O3/c1-3-10-12(13(18)20-4-2)11(16-14(19)15-10)9-17-7-5-6-8-17/h10H,3-9H2,1-2H3,(H2,15,16,19)/t10-/m1/s1. The molecule has 6 nitrogen and oxygen atoms in total. The first-order valence-corrected chi connectivity index (χ1v) is 7.35. The van der Waals surface area contributed by atoms with Crippen LogP contribution in [0.4, 0.5) is 4.79 Å². The van der Waals surface area contributed by atoms with Gasteiger partial charge in [0.2, 0.25) is 0 Å². The molecular weight excluding hydrogens is 258 g/mol. The van der Waals surface area contributed by atoms with Crippen LogP contribution in [0.3, 0.4) is 0 Å². The van der Waals surface area contributed by atoms with Gasteiger partial charge >= 0.3 is 12.0 Å². The summed E-state index contributed by atoms with van der Waals surface area (Å²) in [4.78, 5) is 26.1. The van der Waals surface area contributed by atoms with Gasteiger partial charge in [-0.2, -0.15) is 0 Å². The molecule has 1 saturated heterocycles. The minimum absolute atomic E-state index is 0.237. The van der Waals surface area contributed by atoms with E-state index in [2.05, 4.69) is 15.5 Å². The van der Waals surface area contributed by atoms with E-state index in [9.17, 15) is 9.59 Å². The Morgan fingerprint density at radius 3 is 2.65 bits per heavy atom. The lowest BCUT2D eigenvalue weighted by Gasteiger charge is -2.30. The molecule has 2 N–H and O–H groups in total. The van der Waals surface area contributed by atoms with Crippen molar-refractivity contribution in [1.29, 1.82) is 0 Å². The summed E-state index contributed by atoms with van der Waals surface area (Å²) < 4.78 is 5.14. The van der Waals surface area contributed by atoms with Crippen LogP contribution < -0.4 is 10.6 Å². The normalized spacial score (nSPS) is 23.5. The Bertz CT molecular complexity index is 414. The average molecular weight is 281 g/mol. The quantitative estimate of drug-likeness (QED) is 0.737. The summed E-state index contributed by atoms with van der Waals surface area (Å²) >= 11 is 0. The first kappa shape index (κ1) is 14.8. The number of ether oxygens (including phenoxy) is 1. The van der Waals surface area contributed by atoms with E-state index < -0.39 is 0 Å². The van der Waals surface area contributed by atoms with E-state index in [0.717, 1.165) is 13.1 Å². The molecule has 0 aromatic carbocycles. The zero-order valence-corrected chi connectivity index (χ0v) is 12.2. The molecule has 112 valence electrons. The summed E-state index contributed by atoms with van der Waals surface area (Å²) in [6, 6.07) is -0.500. The molecule has 6 heteroatoms. The minimum atomic E-state index is -0.332. The van der Waals surface area contributed by atoms with Gasteiger partial charge in [0.15, 0.2) is 0 Å². The Balaban J connectivity index is 2.24. The molecule has 0 spiro atoms. The highest BCUT2D eigenvalue weighted by Gasteiger charge is 2.32. The molecule has 0 saturated carbocycles. The summed E-state index contributed by atoms with van der Waals surface area (Å²) in [6.07, 6.45) is 3.02. The van der Waals surface area contributed by atoms with Crippen LogP contribution in [0.1, 0.15) is 33.1 Å². The third kappa shape index (κ3) is 3.30. The topological polar surface area (TPSA) is 70.7 Å². The highest BCUT2D eigenvalue weighted by molar-refractivity contribution is 5.94. The third-order valence-corrected chi connectivity index (χ3v) is 3.73. The number of likely N-dealkylation sites (tertiary alicyclic amines) is 1. The van der Waals surface area contributed by atoms with Gasteiger partial charge in [-0.3, -0.25) is 4.90 Å². The number of urea groups is 1. The molecule has 0 aliphatic carbocycles. The van der Waals surface area contributed by atoms with Crippen LogP contribution in [0.2, 0.25) is 0 Å². The largest absolute Gasteiger partial charge is 0.463 e. The van der Waals surface area contributed by atoms with Crippen molar-refractivity contribution in [2.24, 2.45) is 0 Å².